The summed E-state index contributed by atoms with van der Waals surface area (Å²) >= 11 is 0. The van der Waals surface area contributed by atoms with Gasteiger partial charge in [0.05, 0.1) is 0 Å². The second-order valence-electron chi connectivity index (χ2n) is 7.68. The van der Waals surface area contributed by atoms with Gasteiger partial charge in [-0.1, -0.05) is 67.3 Å². The Bertz CT molecular complexity index is 836. The average molecular weight is 510 g/mol. The summed E-state index contributed by atoms with van der Waals surface area (Å²) in [6, 6.07) is 18.1. The van der Waals surface area contributed by atoms with Crippen molar-refractivity contribution < 1.29 is 20.1 Å². The number of aryl methyl sites for hydroxylation is 2. The Kier molecular flexibility index (Phi) is 6.03. The van der Waals surface area contributed by atoms with Gasteiger partial charge in [-0.3, -0.25) is 4.68 Å². The van der Waals surface area contributed by atoms with Gasteiger partial charge in [0.25, 0.3) is 0 Å². The Hall–Kier alpha value is -1.70. The molecular formula is C22H25IrN2-. The number of rotatable bonds is 3. The van der Waals surface area contributed by atoms with Crippen molar-refractivity contribution in [3.63, 3.8) is 0 Å². The first-order valence-corrected chi connectivity index (χ1v) is 8.46. The molecule has 133 valence electrons. The smallest absolute Gasteiger partial charge is 0.0448 e. The Morgan fingerprint density at radius 3 is 2.32 bits per heavy atom. The third-order valence-electron chi connectivity index (χ3n) is 4.14. The summed E-state index contributed by atoms with van der Waals surface area (Å²) in [5.41, 5.74) is 7.32. The number of nitrogens with zero attached hydrogens (tertiary/aromatic N) is 2. The fraction of sp³-hybridized carbons (Fsp3) is 0.318. The third-order valence-corrected chi connectivity index (χ3v) is 4.14. The van der Waals surface area contributed by atoms with Crippen LogP contribution in [0.1, 0.15) is 31.9 Å². The Balaban J connectivity index is 0.00000225. The predicted octanol–water partition coefficient (Wildman–Crippen LogP) is 5.68. The molecule has 3 aromatic rings. The van der Waals surface area contributed by atoms with Crippen molar-refractivity contribution in [1.82, 2.24) is 9.78 Å². The van der Waals surface area contributed by atoms with Crippen molar-refractivity contribution in [3.8, 4) is 22.4 Å². The first kappa shape index (κ1) is 19.6. The van der Waals surface area contributed by atoms with Crippen LogP contribution in [-0.2, 0) is 26.7 Å². The van der Waals surface area contributed by atoms with Crippen molar-refractivity contribution in [2.75, 3.05) is 0 Å². The standard InChI is InChI=1S/C22H25N2.Ir/c1-16-9-8-10-17(2)21(16)19-12-7-6-11-18(19)20-13-14-24(23-20)15-22(3,4)5;/h6-10,12-14H,15H2,1-5H3;/q-1;. The Labute approximate surface area is 164 Å². The van der Waals surface area contributed by atoms with E-state index in [1.54, 1.807) is 0 Å². The van der Waals surface area contributed by atoms with Crippen LogP contribution < -0.4 is 0 Å². The fourth-order valence-corrected chi connectivity index (χ4v) is 3.17. The second-order valence-corrected chi connectivity index (χ2v) is 7.68. The van der Waals surface area contributed by atoms with Crippen molar-refractivity contribution in [1.29, 1.82) is 0 Å². The normalized spacial score (nSPS) is 11.2. The van der Waals surface area contributed by atoms with Gasteiger partial charge in [-0.05, 0) is 19.3 Å². The SMILES string of the molecule is Cc1cccc(C)c1-c1ccc[c-]c1-c1ccn(CC(C)(C)C)n1.[Ir]. The molecular weight excluding hydrogens is 484 g/mol. The van der Waals surface area contributed by atoms with E-state index in [1.807, 2.05) is 10.7 Å². The van der Waals surface area contributed by atoms with Gasteiger partial charge in [-0.2, -0.15) is 0 Å². The molecule has 1 heterocycles. The molecule has 0 atom stereocenters. The van der Waals surface area contributed by atoms with Crippen LogP contribution in [0.25, 0.3) is 22.4 Å². The van der Waals surface area contributed by atoms with Crippen LogP contribution in [0, 0.1) is 25.3 Å². The average Bonchev–Trinajstić information content (AvgIpc) is 2.94. The van der Waals surface area contributed by atoms with E-state index in [4.69, 9.17) is 5.10 Å². The van der Waals surface area contributed by atoms with Crippen LogP contribution in [0.15, 0.2) is 48.7 Å². The van der Waals surface area contributed by atoms with Crippen molar-refractivity contribution >= 4 is 0 Å². The van der Waals surface area contributed by atoms with Crippen LogP contribution in [0.3, 0.4) is 0 Å². The van der Waals surface area contributed by atoms with E-state index in [9.17, 15) is 0 Å². The molecule has 0 N–H and O–H groups in total. The largest absolute Gasteiger partial charge is 0.282 e. The van der Waals surface area contributed by atoms with Crippen LogP contribution in [-0.4, -0.2) is 9.78 Å². The molecule has 0 amide bonds. The molecule has 25 heavy (non-hydrogen) atoms. The third kappa shape index (κ3) is 4.48. The van der Waals surface area contributed by atoms with Crippen LogP contribution in [0.2, 0.25) is 0 Å². The molecule has 1 radical (unpaired) electrons. The molecule has 0 aliphatic rings. The summed E-state index contributed by atoms with van der Waals surface area (Å²) in [6.07, 6.45) is 2.07. The number of benzene rings is 2. The molecule has 3 rings (SSSR count). The van der Waals surface area contributed by atoms with Crippen LogP contribution >= 0.6 is 0 Å². The maximum absolute atomic E-state index is 4.80. The van der Waals surface area contributed by atoms with Crippen LogP contribution in [0.4, 0.5) is 0 Å². The summed E-state index contributed by atoms with van der Waals surface area (Å²) in [4.78, 5) is 0. The maximum Gasteiger partial charge on any atom is 0.0448 e. The molecule has 0 bridgehead atoms. The summed E-state index contributed by atoms with van der Waals surface area (Å²) < 4.78 is 2.03. The number of hydrogen-bond acceptors (Lipinski definition) is 1. The molecule has 0 aliphatic carbocycles. The zero-order valence-electron chi connectivity index (χ0n) is 15.6. The number of aromatic nitrogens is 2. The molecule has 0 unspecified atom stereocenters. The van der Waals surface area contributed by atoms with Crippen LogP contribution in [0.5, 0.6) is 0 Å². The monoisotopic (exact) mass is 510 g/mol. The quantitative estimate of drug-likeness (QED) is 0.416. The minimum Gasteiger partial charge on any atom is -0.282 e. The van der Waals surface area contributed by atoms with Gasteiger partial charge in [-0.25, -0.2) is 5.10 Å². The van der Waals surface area contributed by atoms with E-state index in [2.05, 4.69) is 83.3 Å². The van der Waals surface area contributed by atoms with Crippen molar-refractivity contribution in [2.24, 2.45) is 5.41 Å². The Morgan fingerprint density at radius 1 is 1.00 bits per heavy atom. The van der Waals surface area contributed by atoms with Crippen molar-refractivity contribution in [3.05, 3.63) is 65.9 Å². The zero-order chi connectivity index (χ0) is 17.3. The maximum atomic E-state index is 4.80. The molecule has 1 aromatic heterocycles. The molecule has 3 heteroatoms. The summed E-state index contributed by atoms with van der Waals surface area (Å²) in [6.45, 7) is 11.9. The first-order valence-electron chi connectivity index (χ1n) is 8.46. The van der Waals surface area contributed by atoms with E-state index < -0.39 is 0 Å². The second kappa shape index (κ2) is 7.68. The molecule has 0 spiro atoms. The minimum atomic E-state index is 0. The van der Waals surface area contributed by atoms with E-state index in [0.717, 1.165) is 17.8 Å². The summed E-state index contributed by atoms with van der Waals surface area (Å²) in [5, 5.41) is 4.80. The van der Waals surface area contributed by atoms with Gasteiger partial charge >= 0.3 is 0 Å². The van der Waals surface area contributed by atoms with Gasteiger partial charge < -0.3 is 0 Å². The molecule has 0 saturated heterocycles. The molecule has 0 saturated carbocycles. The van der Waals surface area contributed by atoms with Gasteiger partial charge in [0.15, 0.2) is 0 Å². The van der Waals surface area contributed by atoms with E-state index >= 15 is 0 Å². The molecule has 2 aromatic carbocycles. The predicted molar refractivity (Wildman–Crippen MR) is 101 cm³/mol. The van der Waals surface area contributed by atoms with E-state index in [1.165, 1.54) is 22.3 Å². The van der Waals surface area contributed by atoms with E-state index in [-0.39, 0.29) is 25.5 Å². The molecule has 2 nitrogen and oxygen atoms in total. The minimum absolute atomic E-state index is 0. The molecule has 0 aliphatic heterocycles. The van der Waals surface area contributed by atoms with Crippen molar-refractivity contribution in [2.45, 2.75) is 41.2 Å². The Morgan fingerprint density at radius 2 is 1.68 bits per heavy atom. The van der Waals surface area contributed by atoms with E-state index in [0.29, 0.717) is 0 Å². The van der Waals surface area contributed by atoms with Gasteiger partial charge in [0.2, 0.25) is 0 Å². The zero-order valence-corrected chi connectivity index (χ0v) is 17.9. The van der Waals surface area contributed by atoms with Gasteiger partial charge in [0.1, 0.15) is 0 Å². The molecule has 0 fully saturated rings. The number of hydrogen-bond donors (Lipinski definition) is 0. The first-order chi connectivity index (χ1) is 11.3. The van der Waals surface area contributed by atoms with Gasteiger partial charge in [-0.15, -0.1) is 29.8 Å². The summed E-state index contributed by atoms with van der Waals surface area (Å²) in [5.74, 6) is 0. The summed E-state index contributed by atoms with van der Waals surface area (Å²) in [7, 11) is 0. The van der Waals surface area contributed by atoms with Gasteiger partial charge in [0, 0.05) is 38.5 Å². The fourth-order valence-electron chi connectivity index (χ4n) is 3.17. The topological polar surface area (TPSA) is 17.8 Å².